The normalized spacial score (nSPS) is 22.2. The predicted octanol–water partition coefficient (Wildman–Crippen LogP) is 2.38. The van der Waals surface area contributed by atoms with Crippen molar-refractivity contribution >= 4 is 5.91 Å². The van der Waals surface area contributed by atoms with E-state index in [4.69, 9.17) is 0 Å². The molecular formula is C19H27N3O. The van der Waals surface area contributed by atoms with Crippen molar-refractivity contribution in [3.05, 3.63) is 47.0 Å². The Kier molecular flexibility index (Phi) is 5.13. The van der Waals surface area contributed by atoms with E-state index in [1.54, 1.807) is 0 Å². The molecule has 1 aliphatic carbocycles. The third kappa shape index (κ3) is 3.82. The smallest absolute Gasteiger partial charge is 0.261 e. The van der Waals surface area contributed by atoms with E-state index >= 15 is 0 Å². The number of rotatable bonds is 5. The van der Waals surface area contributed by atoms with Crippen molar-refractivity contribution in [1.29, 1.82) is 0 Å². The van der Waals surface area contributed by atoms with Crippen LogP contribution in [0.2, 0.25) is 0 Å². The zero-order valence-corrected chi connectivity index (χ0v) is 14.2. The lowest BCUT2D eigenvalue weighted by Gasteiger charge is -2.41. The molecule has 0 bridgehead atoms. The molecule has 1 unspecified atom stereocenters. The molecule has 0 saturated heterocycles. The molecule has 0 fully saturated rings. The molecule has 1 atom stereocenters. The van der Waals surface area contributed by atoms with Gasteiger partial charge in [0, 0.05) is 18.7 Å². The molecule has 4 nitrogen and oxygen atoms in total. The molecule has 124 valence electrons. The topological polar surface area (TPSA) is 35.6 Å². The Balaban J connectivity index is 1.86. The van der Waals surface area contributed by atoms with Crippen molar-refractivity contribution in [3.8, 4) is 0 Å². The van der Waals surface area contributed by atoms with Crippen LogP contribution in [-0.2, 0) is 11.2 Å². The first kappa shape index (κ1) is 16.2. The van der Waals surface area contributed by atoms with E-state index < -0.39 is 0 Å². The molecular weight excluding hydrogens is 286 g/mol. The lowest BCUT2D eigenvalue weighted by Crippen LogP contribution is -2.56. The van der Waals surface area contributed by atoms with Crippen molar-refractivity contribution in [2.45, 2.75) is 38.1 Å². The molecule has 0 saturated carbocycles. The number of hydrogen-bond donors (Lipinski definition) is 1. The number of likely N-dealkylation sites (N-methyl/N-ethyl adjacent to an activating group) is 1. The lowest BCUT2D eigenvalue weighted by molar-refractivity contribution is -0.124. The number of carbonyl (C=O) groups is 1. The minimum absolute atomic E-state index is 0.128. The van der Waals surface area contributed by atoms with Gasteiger partial charge in [0.2, 0.25) is 0 Å². The maximum absolute atomic E-state index is 12.5. The van der Waals surface area contributed by atoms with E-state index in [9.17, 15) is 4.79 Å². The molecule has 0 radical (unpaired) electrons. The first-order chi connectivity index (χ1) is 11.1. The summed E-state index contributed by atoms with van der Waals surface area (Å²) in [5.74, 6) is 0.128. The van der Waals surface area contributed by atoms with Crippen LogP contribution in [-0.4, -0.2) is 49.0 Å². The van der Waals surface area contributed by atoms with Crippen molar-refractivity contribution in [2.75, 3.05) is 27.2 Å². The highest BCUT2D eigenvalue weighted by atomic mass is 16.2. The van der Waals surface area contributed by atoms with E-state index in [0.717, 1.165) is 44.3 Å². The van der Waals surface area contributed by atoms with Gasteiger partial charge in [-0.1, -0.05) is 30.3 Å². The number of amides is 1. The van der Waals surface area contributed by atoms with Crippen LogP contribution in [0.1, 0.15) is 31.2 Å². The molecule has 1 heterocycles. The van der Waals surface area contributed by atoms with Gasteiger partial charge in [-0.05, 0) is 57.3 Å². The van der Waals surface area contributed by atoms with Gasteiger partial charge in [0.05, 0.1) is 6.04 Å². The first-order valence-electron chi connectivity index (χ1n) is 8.63. The van der Waals surface area contributed by atoms with Crippen LogP contribution in [0.15, 0.2) is 41.5 Å². The van der Waals surface area contributed by atoms with E-state index in [0.29, 0.717) is 6.04 Å². The maximum atomic E-state index is 12.5. The first-order valence-corrected chi connectivity index (χ1v) is 8.63. The van der Waals surface area contributed by atoms with E-state index in [1.165, 1.54) is 17.6 Å². The van der Waals surface area contributed by atoms with E-state index in [1.807, 2.05) is 0 Å². The molecule has 1 amide bonds. The Hall–Kier alpha value is -1.65. The predicted molar refractivity (Wildman–Crippen MR) is 92.8 cm³/mol. The Morgan fingerprint density at radius 1 is 1.17 bits per heavy atom. The average Bonchev–Trinajstić information content (AvgIpc) is 2.57. The average molecular weight is 313 g/mol. The van der Waals surface area contributed by atoms with Gasteiger partial charge in [0.15, 0.2) is 0 Å². The summed E-state index contributed by atoms with van der Waals surface area (Å²) in [4.78, 5) is 14.6. The van der Waals surface area contributed by atoms with Gasteiger partial charge in [-0.3, -0.25) is 10.2 Å². The number of carbonyl (C=O) groups excluding carboxylic acids is 1. The lowest BCUT2D eigenvalue weighted by atomic mass is 9.83. The summed E-state index contributed by atoms with van der Waals surface area (Å²) in [5, 5.41) is 2.17. The van der Waals surface area contributed by atoms with Gasteiger partial charge in [-0.15, -0.1) is 0 Å². The Morgan fingerprint density at radius 3 is 2.65 bits per heavy atom. The summed E-state index contributed by atoms with van der Waals surface area (Å²) in [6, 6.07) is 10.9. The molecule has 1 aromatic carbocycles. The third-order valence-corrected chi connectivity index (χ3v) is 4.87. The Labute approximate surface area is 139 Å². The van der Waals surface area contributed by atoms with Crippen molar-refractivity contribution in [1.82, 2.24) is 15.3 Å². The van der Waals surface area contributed by atoms with Crippen molar-refractivity contribution in [2.24, 2.45) is 0 Å². The largest absolute Gasteiger partial charge is 0.308 e. The fourth-order valence-electron chi connectivity index (χ4n) is 3.61. The van der Waals surface area contributed by atoms with Crippen LogP contribution in [0.4, 0.5) is 0 Å². The summed E-state index contributed by atoms with van der Waals surface area (Å²) < 4.78 is 0. The van der Waals surface area contributed by atoms with Crippen molar-refractivity contribution in [3.63, 3.8) is 0 Å². The molecule has 23 heavy (non-hydrogen) atoms. The minimum atomic E-state index is 0.128. The molecule has 3 rings (SSSR count). The van der Waals surface area contributed by atoms with Gasteiger partial charge >= 0.3 is 0 Å². The number of hydrazine groups is 1. The number of nitrogens with one attached hydrogen (secondary N) is 1. The van der Waals surface area contributed by atoms with Gasteiger partial charge < -0.3 is 4.90 Å². The second kappa shape index (κ2) is 7.28. The molecule has 0 aromatic heterocycles. The standard InChI is InChI=1S/C19H27N3O/c1-21(2)12-13-22-18(14-15-8-4-3-5-9-15)16-10-6-7-11-17(16)19(23)20-22/h3-5,8-9,18H,6-7,10-14H2,1-2H3,(H,20,23). The molecule has 1 aliphatic heterocycles. The van der Waals surface area contributed by atoms with Crippen molar-refractivity contribution < 1.29 is 4.79 Å². The maximum Gasteiger partial charge on any atom is 0.261 e. The number of nitrogens with zero attached hydrogens (tertiary/aromatic N) is 2. The third-order valence-electron chi connectivity index (χ3n) is 4.87. The van der Waals surface area contributed by atoms with Gasteiger partial charge in [0.25, 0.3) is 5.91 Å². The summed E-state index contributed by atoms with van der Waals surface area (Å²) in [6.45, 7) is 1.79. The molecule has 1 aromatic rings. The summed E-state index contributed by atoms with van der Waals surface area (Å²) >= 11 is 0. The van der Waals surface area contributed by atoms with Crippen LogP contribution in [0.3, 0.4) is 0 Å². The Morgan fingerprint density at radius 2 is 1.91 bits per heavy atom. The van der Waals surface area contributed by atoms with E-state index in [-0.39, 0.29) is 5.91 Å². The summed E-state index contributed by atoms with van der Waals surface area (Å²) in [7, 11) is 4.15. The summed E-state index contributed by atoms with van der Waals surface area (Å²) in [5.41, 5.74) is 6.92. The highest BCUT2D eigenvalue weighted by Crippen LogP contribution is 2.33. The zero-order chi connectivity index (χ0) is 16.2. The fraction of sp³-hybridized carbons (Fsp3) is 0.526. The number of hydrogen-bond acceptors (Lipinski definition) is 3. The molecule has 1 N–H and O–H groups in total. The van der Waals surface area contributed by atoms with E-state index in [2.05, 4.69) is 59.8 Å². The Bertz CT molecular complexity index is 580. The quantitative estimate of drug-likeness (QED) is 0.906. The highest BCUT2D eigenvalue weighted by Gasteiger charge is 2.34. The monoisotopic (exact) mass is 313 g/mol. The van der Waals surface area contributed by atoms with Gasteiger partial charge in [-0.25, -0.2) is 5.01 Å². The van der Waals surface area contributed by atoms with Crippen LogP contribution in [0.25, 0.3) is 0 Å². The van der Waals surface area contributed by atoms with Crippen LogP contribution >= 0.6 is 0 Å². The highest BCUT2D eigenvalue weighted by molar-refractivity contribution is 5.95. The van der Waals surface area contributed by atoms with Crippen LogP contribution in [0.5, 0.6) is 0 Å². The van der Waals surface area contributed by atoms with Crippen LogP contribution in [0, 0.1) is 0 Å². The minimum Gasteiger partial charge on any atom is -0.308 e. The van der Waals surface area contributed by atoms with Crippen LogP contribution < -0.4 is 5.43 Å². The van der Waals surface area contributed by atoms with Gasteiger partial charge in [0.1, 0.15) is 0 Å². The molecule has 0 spiro atoms. The van der Waals surface area contributed by atoms with Gasteiger partial charge in [-0.2, -0.15) is 0 Å². The molecule has 2 aliphatic rings. The second-order valence-corrected chi connectivity index (χ2v) is 6.85. The SMILES string of the molecule is CN(C)CCN1NC(=O)C2=C(CCCC2)C1Cc1ccccc1. The number of benzene rings is 1. The second-order valence-electron chi connectivity index (χ2n) is 6.85. The summed E-state index contributed by atoms with van der Waals surface area (Å²) in [6.07, 6.45) is 5.32. The zero-order valence-electron chi connectivity index (χ0n) is 14.2. The fourth-order valence-corrected chi connectivity index (χ4v) is 3.61. The molecule has 4 heteroatoms.